The summed E-state index contributed by atoms with van der Waals surface area (Å²) in [5.74, 6) is -0.868. The van der Waals surface area contributed by atoms with Gasteiger partial charge < -0.3 is 5.11 Å². The van der Waals surface area contributed by atoms with Crippen molar-refractivity contribution in [2.45, 2.75) is 26.8 Å². The number of carboxylic acids is 1. The molecule has 3 rings (SSSR count). The van der Waals surface area contributed by atoms with Crippen molar-refractivity contribution >= 4 is 11.5 Å². The Morgan fingerprint density at radius 2 is 1.88 bits per heavy atom. The summed E-state index contributed by atoms with van der Waals surface area (Å²) in [6, 6.07) is 13.9. The van der Waals surface area contributed by atoms with Crippen molar-refractivity contribution in [2.24, 2.45) is 0 Å². The molecule has 3 heteroatoms. The van der Waals surface area contributed by atoms with E-state index in [0.717, 1.165) is 31.6 Å². The van der Waals surface area contributed by atoms with Crippen LogP contribution in [0.15, 0.2) is 48.5 Å². The normalized spacial score (nSPS) is 15.2. The van der Waals surface area contributed by atoms with E-state index in [9.17, 15) is 4.79 Å². The van der Waals surface area contributed by atoms with Gasteiger partial charge in [-0.05, 0) is 49.1 Å². The first-order valence-electron chi connectivity index (χ1n) is 8.33. The van der Waals surface area contributed by atoms with Crippen LogP contribution in [-0.4, -0.2) is 29.1 Å². The summed E-state index contributed by atoms with van der Waals surface area (Å²) in [6.45, 7) is 6.97. The van der Waals surface area contributed by atoms with Gasteiger partial charge in [-0.3, -0.25) is 4.90 Å². The molecule has 0 saturated carbocycles. The summed E-state index contributed by atoms with van der Waals surface area (Å²) in [6.07, 6.45) is 3.33. The zero-order valence-electron chi connectivity index (χ0n) is 14.2. The molecule has 1 aliphatic rings. The van der Waals surface area contributed by atoms with Crippen molar-refractivity contribution in [1.82, 2.24) is 4.90 Å². The molecule has 0 atom stereocenters. The molecule has 0 fully saturated rings. The van der Waals surface area contributed by atoms with Gasteiger partial charge in [0.2, 0.25) is 0 Å². The standard InChI is InChI=1S/C21H23NO2/c1-15-10-16(2)12-20(11-15)18-6-8-22(9-7-18)14-17-4-3-5-19(13-17)21(23)24/h3-6,10-13H,7-9,14H2,1-2H3,(H,23,24). The number of hydrogen-bond donors (Lipinski definition) is 1. The first kappa shape index (κ1) is 16.5. The number of aryl methyl sites for hydroxylation is 2. The quantitative estimate of drug-likeness (QED) is 0.913. The Hall–Kier alpha value is -2.39. The number of benzene rings is 2. The van der Waals surface area contributed by atoms with Crippen LogP contribution in [0.25, 0.3) is 5.57 Å². The number of carbonyl (C=O) groups is 1. The van der Waals surface area contributed by atoms with Crippen molar-refractivity contribution in [1.29, 1.82) is 0 Å². The van der Waals surface area contributed by atoms with E-state index >= 15 is 0 Å². The Labute approximate surface area is 143 Å². The summed E-state index contributed by atoms with van der Waals surface area (Å²) in [7, 11) is 0. The smallest absolute Gasteiger partial charge is 0.335 e. The minimum absolute atomic E-state index is 0.357. The number of rotatable bonds is 4. The largest absolute Gasteiger partial charge is 0.478 e. The van der Waals surface area contributed by atoms with Crippen LogP contribution in [0.1, 0.15) is 39.0 Å². The predicted molar refractivity (Wildman–Crippen MR) is 97.2 cm³/mol. The predicted octanol–water partition coefficient (Wildman–Crippen LogP) is 4.29. The lowest BCUT2D eigenvalue weighted by Crippen LogP contribution is -2.28. The molecular weight excluding hydrogens is 298 g/mol. The molecule has 1 heterocycles. The van der Waals surface area contributed by atoms with Crippen LogP contribution in [0.3, 0.4) is 0 Å². The molecule has 0 aliphatic carbocycles. The van der Waals surface area contributed by atoms with Gasteiger partial charge in [-0.25, -0.2) is 4.79 Å². The maximum atomic E-state index is 11.1. The average Bonchev–Trinajstić information content (AvgIpc) is 2.55. The van der Waals surface area contributed by atoms with E-state index in [-0.39, 0.29) is 0 Å². The SMILES string of the molecule is Cc1cc(C)cc(C2=CCN(Cc3cccc(C(=O)O)c3)CC2)c1. The van der Waals surface area contributed by atoms with Crippen LogP contribution in [0, 0.1) is 13.8 Å². The minimum Gasteiger partial charge on any atom is -0.478 e. The van der Waals surface area contributed by atoms with Gasteiger partial charge in [-0.1, -0.05) is 47.5 Å². The molecule has 0 bridgehead atoms. The van der Waals surface area contributed by atoms with Crippen LogP contribution in [0.4, 0.5) is 0 Å². The van der Waals surface area contributed by atoms with Crippen molar-refractivity contribution in [2.75, 3.05) is 13.1 Å². The number of nitrogens with zero attached hydrogens (tertiary/aromatic N) is 1. The fourth-order valence-corrected chi connectivity index (χ4v) is 3.34. The van der Waals surface area contributed by atoms with Gasteiger partial charge in [-0.15, -0.1) is 0 Å². The molecule has 0 radical (unpaired) electrons. The van der Waals surface area contributed by atoms with Gasteiger partial charge >= 0.3 is 5.97 Å². The van der Waals surface area contributed by atoms with Crippen molar-refractivity contribution < 1.29 is 9.90 Å². The summed E-state index contributed by atoms with van der Waals surface area (Å²) in [5.41, 5.74) is 6.77. The third-order valence-electron chi connectivity index (χ3n) is 4.47. The lowest BCUT2D eigenvalue weighted by atomic mass is 9.96. The third kappa shape index (κ3) is 3.92. The fraction of sp³-hybridized carbons (Fsp3) is 0.286. The Morgan fingerprint density at radius 1 is 1.12 bits per heavy atom. The van der Waals surface area contributed by atoms with Crippen LogP contribution in [-0.2, 0) is 6.54 Å². The van der Waals surface area contributed by atoms with Crippen LogP contribution < -0.4 is 0 Å². The molecular formula is C21H23NO2. The second-order valence-electron chi connectivity index (χ2n) is 6.60. The molecule has 0 amide bonds. The molecule has 0 unspecified atom stereocenters. The van der Waals surface area contributed by atoms with E-state index in [1.165, 1.54) is 22.3 Å². The Kier molecular flexibility index (Phi) is 4.81. The Morgan fingerprint density at radius 3 is 2.50 bits per heavy atom. The number of hydrogen-bond acceptors (Lipinski definition) is 2. The summed E-state index contributed by atoms with van der Waals surface area (Å²) >= 11 is 0. The highest BCUT2D eigenvalue weighted by molar-refractivity contribution is 5.87. The van der Waals surface area contributed by atoms with Gasteiger partial charge in [0.05, 0.1) is 5.56 Å². The van der Waals surface area contributed by atoms with Crippen LogP contribution in [0.2, 0.25) is 0 Å². The molecule has 0 saturated heterocycles. The van der Waals surface area contributed by atoms with E-state index in [1.54, 1.807) is 12.1 Å². The molecule has 124 valence electrons. The molecule has 3 nitrogen and oxygen atoms in total. The number of carboxylic acid groups (broad SMARTS) is 1. The summed E-state index contributed by atoms with van der Waals surface area (Å²) < 4.78 is 0. The highest BCUT2D eigenvalue weighted by atomic mass is 16.4. The van der Waals surface area contributed by atoms with E-state index in [0.29, 0.717) is 5.56 Å². The average molecular weight is 321 g/mol. The summed E-state index contributed by atoms with van der Waals surface area (Å²) in [5, 5.41) is 9.10. The maximum absolute atomic E-state index is 11.1. The highest BCUT2D eigenvalue weighted by Gasteiger charge is 2.14. The van der Waals surface area contributed by atoms with E-state index in [1.807, 2.05) is 12.1 Å². The highest BCUT2D eigenvalue weighted by Crippen LogP contribution is 2.25. The van der Waals surface area contributed by atoms with Crippen molar-refractivity contribution in [3.63, 3.8) is 0 Å². The van der Waals surface area contributed by atoms with Gasteiger partial charge in [0.15, 0.2) is 0 Å². The maximum Gasteiger partial charge on any atom is 0.335 e. The Balaban J connectivity index is 1.69. The first-order valence-corrected chi connectivity index (χ1v) is 8.33. The second kappa shape index (κ2) is 7.02. The minimum atomic E-state index is -0.868. The van der Waals surface area contributed by atoms with E-state index in [4.69, 9.17) is 5.11 Å². The van der Waals surface area contributed by atoms with Crippen LogP contribution >= 0.6 is 0 Å². The van der Waals surface area contributed by atoms with Gasteiger partial charge in [-0.2, -0.15) is 0 Å². The third-order valence-corrected chi connectivity index (χ3v) is 4.47. The lowest BCUT2D eigenvalue weighted by Gasteiger charge is -2.27. The zero-order chi connectivity index (χ0) is 17.1. The number of aromatic carboxylic acids is 1. The topological polar surface area (TPSA) is 40.5 Å². The molecule has 1 N–H and O–H groups in total. The summed E-state index contributed by atoms with van der Waals surface area (Å²) in [4.78, 5) is 13.4. The molecule has 24 heavy (non-hydrogen) atoms. The lowest BCUT2D eigenvalue weighted by molar-refractivity contribution is 0.0696. The first-order chi connectivity index (χ1) is 11.5. The van der Waals surface area contributed by atoms with E-state index < -0.39 is 5.97 Å². The van der Waals surface area contributed by atoms with Crippen molar-refractivity contribution in [3.8, 4) is 0 Å². The van der Waals surface area contributed by atoms with Gasteiger partial charge in [0.1, 0.15) is 0 Å². The molecule has 0 aromatic heterocycles. The van der Waals surface area contributed by atoms with E-state index in [2.05, 4.69) is 43.0 Å². The van der Waals surface area contributed by atoms with Crippen molar-refractivity contribution in [3.05, 3.63) is 76.4 Å². The van der Waals surface area contributed by atoms with Crippen LogP contribution in [0.5, 0.6) is 0 Å². The monoisotopic (exact) mass is 321 g/mol. The zero-order valence-corrected chi connectivity index (χ0v) is 14.2. The second-order valence-corrected chi connectivity index (χ2v) is 6.60. The fourth-order valence-electron chi connectivity index (χ4n) is 3.34. The Bertz CT molecular complexity index is 772. The molecule has 2 aromatic rings. The van der Waals surface area contributed by atoms with Gasteiger partial charge in [0, 0.05) is 19.6 Å². The van der Waals surface area contributed by atoms with Gasteiger partial charge in [0.25, 0.3) is 0 Å². The molecule has 2 aromatic carbocycles. The molecule has 0 spiro atoms. The molecule has 1 aliphatic heterocycles.